The molecular weight excluding hydrogens is 356 g/mol. The average Bonchev–Trinajstić information content (AvgIpc) is 3.02. The summed E-state index contributed by atoms with van der Waals surface area (Å²) >= 11 is 0. The highest BCUT2D eigenvalue weighted by Crippen LogP contribution is 2.29. The van der Waals surface area contributed by atoms with Gasteiger partial charge in [0.1, 0.15) is 5.75 Å². The molecule has 1 unspecified atom stereocenters. The molecule has 1 atom stereocenters. The third-order valence-corrected chi connectivity index (χ3v) is 5.74. The Kier molecular flexibility index (Phi) is 7.45. The summed E-state index contributed by atoms with van der Waals surface area (Å²) in [5.41, 5.74) is 0.627. The van der Waals surface area contributed by atoms with Crippen LogP contribution in [0.4, 0.5) is 5.69 Å². The molecule has 0 aromatic heterocycles. The molecule has 3 rings (SSSR count). The number of carbonyl (C=O) groups is 2. The minimum Gasteiger partial charge on any atom is -0.494 e. The lowest BCUT2D eigenvalue weighted by Gasteiger charge is -2.34. The van der Waals surface area contributed by atoms with E-state index in [-0.39, 0.29) is 30.4 Å². The molecule has 154 valence electrons. The SMILES string of the molecule is CCCCCCOc1ccc(N2C(=O)CC(N3CCC(OC)CC3)C2=O)cc1. The number of anilines is 1. The minimum atomic E-state index is -0.347. The second-order valence-corrected chi connectivity index (χ2v) is 7.66. The van der Waals surface area contributed by atoms with Gasteiger partial charge in [0, 0.05) is 20.2 Å². The van der Waals surface area contributed by atoms with Crippen LogP contribution in [0, 0.1) is 0 Å². The van der Waals surface area contributed by atoms with Crippen molar-refractivity contribution < 1.29 is 19.1 Å². The van der Waals surface area contributed by atoms with Crippen molar-refractivity contribution in [2.75, 3.05) is 31.7 Å². The van der Waals surface area contributed by atoms with Crippen LogP contribution >= 0.6 is 0 Å². The highest BCUT2D eigenvalue weighted by Gasteiger charge is 2.43. The van der Waals surface area contributed by atoms with E-state index in [1.807, 2.05) is 12.1 Å². The smallest absolute Gasteiger partial charge is 0.251 e. The highest BCUT2D eigenvalue weighted by atomic mass is 16.5. The molecular formula is C22H32N2O4. The molecule has 6 heteroatoms. The molecule has 28 heavy (non-hydrogen) atoms. The molecule has 0 aliphatic carbocycles. The largest absolute Gasteiger partial charge is 0.494 e. The Morgan fingerprint density at radius 2 is 1.75 bits per heavy atom. The summed E-state index contributed by atoms with van der Waals surface area (Å²) in [4.78, 5) is 28.9. The van der Waals surface area contributed by atoms with Gasteiger partial charge in [0.25, 0.3) is 5.91 Å². The fourth-order valence-electron chi connectivity index (χ4n) is 4.01. The Hall–Kier alpha value is -1.92. The van der Waals surface area contributed by atoms with Gasteiger partial charge in [-0.15, -0.1) is 0 Å². The van der Waals surface area contributed by atoms with Gasteiger partial charge in [-0.25, -0.2) is 4.90 Å². The van der Waals surface area contributed by atoms with Crippen molar-refractivity contribution in [3.63, 3.8) is 0 Å². The first-order valence-corrected chi connectivity index (χ1v) is 10.5. The second kappa shape index (κ2) is 10.0. The number of benzene rings is 1. The second-order valence-electron chi connectivity index (χ2n) is 7.66. The van der Waals surface area contributed by atoms with Gasteiger partial charge in [0.05, 0.1) is 30.9 Å². The number of carbonyl (C=O) groups excluding carboxylic acids is 2. The molecule has 2 saturated heterocycles. The van der Waals surface area contributed by atoms with Crippen LogP contribution in [0.1, 0.15) is 51.9 Å². The van der Waals surface area contributed by atoms with Gasteiger partial charge >= 0.3 is 0 Å². The van der Waals surface area contributed by atoms with Crippen LogP contribution in [0.3, 0.4) is 0 Å². The van der Waals surface area contributed by atoms with Gasteiger partial charge in [0.15, 0.2) is 0 Å². The maximum Gasteiger partial charge on any atom is 0.251 e. The molecule has 2 fully saturated rings. The molecule has 2 amide bonds. The average molecular weight is 389 g/mol. The van der Waals surface area contributed by atoms with Crippen LogP contribution in [-0.2, 0) is 14.3 Å². The Balaban J connectivity index is 1.56. The van der Waals surface area contributed by atoms with E-state index in [0.29, 0.717) is 12.3 Å². The van der Waals surface area contributed by atoms with Crippen molar-refractivity contribution in [1.29, 1.82) is 0 Å². The van der Waals surface area contributed by atoms with Crippen molar-refractivity contribution in [3.8, 4) is 5.75 Å². The Morgan fingerprint density at radius 3 is 2.39 bits per heavy atom. The van der Waals surface area contributed by atoms with Crippen molar-refractivity contribution >= 4 is 17.5 Å². The maximum atomic E-state index is 12.9. The van der Waals surface area contributed by atoms with E-state index in [4.69, 9.17) is 9.47 Å². The molecule has 0 spiro atoms. The molecule has 0 bridgehead atoms. The summed E-state index contributed by atoms with van der Waals surface area (Å²) in [6.07, 6.45) is 6.97. The number of likely N-dealkylation sites (tertiary alicyclic amines) is 1. The molecule has 0 saturated carbocycles. The normalized spacial score (nSPS) is 21.5. The van der Waals surface area contributed by atoms with Gasteiger partial charge in [-0.05, 0) is 43.5 Å². The van der Waals surface area contributed by atoms with Crippen molar-refractivity contribution in [3.05, 3.63) is 24.3 Å². The van der Waals surface area contributed by atoms with Gasteiger partial charge in [-0.2, -0.15) is 0 Å². The quantitative estimate of drug-likeness (QED) is 0.479. The Labute approximate surface area is 167 Å². The lowest BCUT2D eigenvalue weighted by molar-refractivity contribution is -0.123. The summed E-state index contributed by atoms with van der Waals surface area (Å²) in [6.45, 7) is 4.47. The molecule has 6 nitrogen and oxygen atoms in total. The van der Waals surface area contributed by atoms with Crippen LogP contribution < -0.4 is 9.64 Å². The molecule has 0 N–H and O–H groups in total. The zero-order valence-corrected chi connectivity index (χ0v) is 17.1. The topological polar surface area (TPSA) is 59.1 Å². The highest BCUT2D eigenvalue weighted by molar-refractivity contribution is 6.22. The van der Waals surface area contributed by atoms with Crippen LogP contribution in [0.15, 0.2) is 24.3 Å². The summed E-state index contributed by atoms with van der Waals surface area (Å²) in [6, 6.07) is 6.94. The van der Waals surface area contributed by atoms with E-state index in [2.05, 4.69) is 11.8 Å². The number of rotatable bonds is 9. The zero-order valence-electron chi connectivity index (χ0n) is 17.1. The number of ether oxygens (including phenoxy) is 2. The third kappa shape index (κ3) is 4.92. The number of hydrogen-bond acceptors (Lipinski definition) is 5. The van der Waals surface area contributed by atoms with Gasteiger partial charge < -0.3 is 9.47 Å². The van der Waals surface area contributed by atoms with Gasteiger partial charge in [0.2, 0.25) is 5.91 Å². The number of imide groups is 1. The van der Waals surface area contributed by atoms with E-state index < -0.39 is 0 Å². The number of amides is 2. The van der Waals surface area contributed by atoms with E-state index in [9.17, 15) is 9.59 Å². The number of nitrogens with zero attached hydrogens (tertiary/aromatic N) is 2. The van der Waals surface area contributed by atoms with Crippen LogP contribution in [-0.4, -0.2) is 55.7 Å². The molecule has 1 aromatic carbocycles. The molecule has 2 aliphatic rings. The van der Waals surface area contributed by atoms with Crippen molar-refractivity contribution in [2.45, 2.75) is 64.0 Å². The van der Waals surface area contributed by atoms with E-state index >= 15 is 0 Å². The first-order valence-electron chi connectivity index (χ1n) is 10.5. The van der Waals surface area contributed by atoms with Crippen LogP contribution in [0.2, 0.25) is 0 Å². The molecule has 2 heterocycles. The lowest BCUT2D eigenvalue weighted by Crippen LogP contribution is -2.47. The third-order valence-electron chi connectivity index (χ3n) is 5.74. The fourth-order valence-corrected chi connectivity index (χ4v) is 4.01. The summed E-state index contributed by atoms with van der Waals surface area (Å²) in [7, 11) is 1.73. The predicted octanol–water partition coefficient (Wildman–Crippen LogP) is 3.39. The van der Waals surface area contributed by atoms with Crippen LogP contribution in [0.25, 0.3) is 0 Å². The van der Waals surface area contributed by atoms with E-state index in [1.54, 1.807) is 19.2 Å². The number of unbranched alkanes of at least 4 members (excludes halogenated alkanes) is 3. The standard InChI is InChI=1S/C22H32N2O4/c1-3-4-5-6-15-28-19-9-7-17(8-10-19)24-21(25)16-20(22(24)26)23-13-11-18(27-2)12-14-23/h7-10,18,20H,3-6,11-16H2,1-2H3. The van der Waals surface area contributed by atoms with Crippen molar-refractivity contribution in [2.24, 2.45) is 0 Å². The lowest BCUT2D eigenvalue weighted by atomic mass is 10.0. The van der Waals surface area contributed by atoms with E-state index in [0.717, 1.165) is 38.1 Å². The molecule has 1 aromatic rings. The Morgan fingerprint density at radius 1 is 1.04 bits per heavy atom. The minimum absolute atomic E-state index is 0.117. The van der Waals surface area contributed by atoms with Gasteiger partial charge in [-0.1, -0.05) is 26.2 Å². The number of hydrogen-bond donors (Lipinski definition) is 0. The first kappa shape index (κ1) is 20.8. The van der Waals surface area contributed by atoms with E-state index in [1.165, 1.54) is 24.2 Å². The zero-order chi connectivity index (χ0) is 19.9. The molecule has 0 radical (unpaired) electrons. The fraction of sp³-hybridized carbons (Fsp3) is 0.636. The first-order chi connectivity index (χ1) is 13.6. The van der Waals surface area contributed by atoms with Crippen molar-refractivity contribution in [1.82, 2.24) is 4.90 Å². The number of piperidine rings is 1. The summed E-state index contributed by atoms with van der Waals surface area (Å²) < 4.78 is 11.2. The number of methoxy groups -OCH3 is 1. The predicted molar refractivity (Wildman–Crippen MR) is 109 cm³/mol. The van der Waals surface area contributed by atoms with Crippen LogP contribution in [0.5, 0.6) is 5.75 Å². The summed E-state index contributed by atoms with van der Waals surface area (Å²) in [5.74, 6) is 0.531. The maximum absolute atomic E-state index is 12.9. The monoisotopic (exact) mass is 388 g/mol. The summed E-state index contributed by atoms with van der Waals surface area (Å²) in [5, 5.41) is 0. The molecule has 2 aliphatic heterocycles. The Bertz CT molecular complexity index is 653. The van der Waals surface area contributed by atoms with Gasteiger partial charge in [-0.3, -0.25) is 14.5 Å².